The molecule has 6 heteroatoms. The van der Waals surface area contributed by atoms with Gasteiger partial charge in [-0.05, 0) is 53.7 Å². The lowest BCUT2D eigenvalue weighted by Gasteiger charge is -2.33. The van der Waals surface area contributed by atoms with Crippen LogP contribution in [0.25, 0.3) is 0 Å². The number of carbonyl (C=O) groups is 2. The summed E-state index contributed by atoms with van der Waals surface area (Å²) in [6.07, 6.45) is 7.42. The van der Waals surface area contributed by atoms with Gasteiger partial charge in [0.05, 0.1) is 8.66 Å². The first-order chi connectivity index (χ1) is 11.1. The lowest BCUT2D eigenvalue weighted by atomic mass is 9.88. The summed E-state index contributed by atoms with van der Waals surface area (Å²) in [5.74, 6) is 0.557. The molecule has 4 nitrogen and oxygen atoms in total. The Morgan fingerprint density at radius 3 is 2.39 bits per heavy atom. The summed E-state index contributed by atoms with van der Waals surface area (Å²) in [7, 11) is 0. The summed E-state index contributed by atoms with van der Waals surface area (Å²) >= 11 is 4.87. The van der Waals surface area contributed by atoms with E-state index in [2.05, 4.69) is 21.2 Å². The van der Waals surface area contributed by atoms with Crippen LogP contribution < -0.4 is 5.32 Å². The molecule has 1 saturated carbocycles. The van der Waals surface area contributed by atoms with Gasteiger partial charge >= 0.3 is 0 Å². The van der Waals surface area contributed by atoms with E-state index in [1.165, 1.54) is 30.6 Å². The van der Waals surface area contributed by atoms with E-state index in [0.29, 0.717) is 0 Å². The number of nitrogens with one attached hydrogen (secondary N) is 1. The van der Waals surface area contributed by atoms with Gasteiger partial charge in [-0.1, -0.05) is 19.3 Å². The van der Waals surface area contributed by atoms with Crippen LogP contribution in [0, 0.1) is 5.92 Å². The van der Waals surface area contributed by atoms with Crippen LogP contribution in [0.15, 0.2) is 15.9 Å². The highest BCUT2D eigenvalue weighted by Crippen LogP contribution is 2.26. The third-order valence-electron chi connectivity index (χ3n) is 4.89. The van der Waals surface area contributed by atoms with Crippen molar-refractivity contribution in [2.45, 2.75) is 51.0 Å². The molecule has 0 bridgehead atoms. The number of hydrogen-bond acceptors (Lipinski definition) is 3. The molecule has 2 amide bonds. The summed E-state index contributed by atoms with van der Waals surface area (Å²) in [4.78, 5) is 27.4. The standard InChI is InChI=1S/C17H23BrN2O2S/c18-15-7-6-14(23-15)17(22)20-10-8-13(9-11-20)19-16(21)12-4-2-1-3-5-12/h6-7,12-13H,1-5,8-11H2,(H,19,21). The van der Waals surface area contributed by atoms with Gasteiger partial charge in [-0.15, -0.1) is 11.3 Å². The van der Waals surface area contributed by atoms with Crippen molar-refractivity contribution in [2.75, 3.05) is 13.1 Å². The number of likely N-dealkylation sites (tertiary alicyclic amines) is 1. The second kappa shape index (κ2) is 7.79. The molecule has 23 heavy (non-hydrogen) atoms. The molecule has 0 atom stereocenters. The molecule has 0 spiro atoms. The molecule has 2 fully saturated rings. The second-order valence-electron chi connectivity index (χ2n) is 6.51. The van der Waals surface area contributed by atoms with Gasteiger partial charge in [0, 0.05) is 25.0 Å². The predicted molar refractivity (Wildman–Crippen MR) is 95.7 cm³/mol. The van der Waals surface area contributed by atoms with Crippen molar-refractivity contribution in [2.24, 2.45) is 5.92 Å². The first kappa shape index (κ1) is 17.0. The van der Waals surface area contributed by atoms with Gasteiger partial charge in [0.2, 0.25) is 5.91 Å². The zero-order valence-electron chi connectivity index (χ0n) is 13.2. The topological polar surface area (TPSA) is 49.4 Å². The highest BCUT2D eigenvalue weighted by molar-refractivity contribution is 9.11. The van der Waals surface area contributed by atoms with Crippen LogP contribution in [0.4, 0.5) is 0 Å². The van der Waals surface area contributed by atoms with Crippen molar-refractivity contribution in [1.82, 2.24) is 10.2 Å². The van der Waals surface area contributed by atoms with Gasteiger partial charge in [-0.25, -0.2) is 0 Å². The molecule has 126 valence electrons. The highest BCUT2D eigenvalue weighted by Gasteiger charge is 2.28. The third kappa shape index (κ3) is 4.35. The van der Waals surface area contributed by atoms with E-state index in [9.17, 15) is 9.59 Å². The van der Waals surface area contributed by atoms with Crippen molar-refractivity contribution in [1.29, 1.82) is 0 Å². The average molecular weight is 399 g/mol. The van der Waals surface area contributed by atoms with E-state index in [0.717, 1.165) is 47.4 Å². The van der Waals surface area contributed by atoms with E-state index < -0.39 is 0 Å². The zero-order valence-corrected chi connectivity index (χ0v) is 15.6. The van der Waals surface area contributed by atoms with E-state index >= 15 is 0 Å². The van der Waals surface area contributed by atoms with Crippen molar-refractivity contribution < 1.29 is 9.59 Å². The van der Waals surface area contributed by atoms with Gasteiger partial charge in [-0.3, -0.25) is 9.59 Å². The molecule has 1 saturated heterocycles. The number of carbonyl (C=O) groups excluding carboxylic acids is 2. The number of rotatable bonds is 3. The van der Waals surface area contributed by atoms with Gasteiger partial charge in [0.1, 0.15) is 0 Å². The highest BCUT2D eigenvalue weighted by atomic mass is 79.9. The van der Waals surface area contributed by atoms with Crippen molar-refractivity contribution in [3.05, 3.63) is 20.8 Å². The Balaban J connectivity index is 1.46. The number of hydrogen-bond donors (Lipinski definition) is 1. The van der Waals surface area contributed by atoms with E-state index in [4.69, 9.17) is 0 Å². The maximum absolute atomic E-state index is 12.4. The fourth-order valence-corrected chi connectivity index (χ4v) is 4.85. The van der Waals surface area contributed by atoms with Crippen molar-refractivity contribution in [3.63, 3.8) is 0 Å². The van der Waals surface area contributed by atoms with Crippen LogP contribution in [0.5, 0.6) is 0 Å². The Hall–Kier alpha value is -0.880. The molecule has 1 aliphatic heterocycles. The molecule has 0 radical (unpaired) electrons. The number of piperidine rings is 1. The Bertz CT molecular complexity index is 561. The summed E-state index contributed by atoms with van der Waals surface area (Å²) in [5.41, 5.74) is 0. The maximum Gasteiger partial charge on any atom is 0.263 e. The predicted octanol–water partition coefficient (Wildman–Crippen LogP) is 3.81. The minimum atomic E-state index is 0.109. The lowest BCUT2D eigenvalue weighted by molar-refractivity contribution is -0.126. The Labute approximate surface area is 149 Å². The summed E-state index contributed by atoms with van der Waals surface area (Å²) in [5, 5.41) is 3.21. The van der Waals surface area contributed by atoms with Crippen molar-refractivity contribution in [3.8, 4) is 0 Å². The molecular weight excluding hydrogens is 376 g/mol. The van der Waals surface area contributed by atoms with Crippen LogP contribution >= 0.6 is 27.3 Å². The molecule has 2 aliphatic rings. The zero-order chi connectivity index (χ0) is 16.2. The average Bonchev–Trinajstić information content (AvgIpc) is 3.02. The van der Waals surface area contributed by atoms with Crippen LogP contribution in [0.2, 0.25) is 0 Å². The Kier molecular flexibility index (Phi) is 5.75. The fourth-order valence-electron chi connectivity index (χ4n) is 3.50. The van der Waals surface area contributed by atoms with E-state index in [1.54, 1.807) is 0 Å². The molecule has 0 unspecified atom stereocenters. The Morgan fingerprint density at radius 2 is 1.78 bits per heavy atom. The fraction of sp³-hybridized carbons (Fsp3) is 0.647. The first-order valence-corrected chi connectivity index (χ1v) is 10.1. The smallest absolute Gasteiger partial charge is 0.263 e. The third-order valence-corrected chi connectivity index (χ3v) is 6.50. The second-order valence-corrected chi connectivity index (χ2v) is 8.98. The minimum Gasteiger partial charge on any atom is -0.353 e. The number of halogens is 1. The van der Waals surface area contributed by atoms with Crippen LogP contribution in [-0.2, 0) is 4.79 Å². The first-order valence-electron chi connectivity index (χ1n) is 8.48. The lowest BCUT2D eigenvalue weighted by Crippen LogP contribution is -2.48. The molecule has 2 heterocycles. The normalized spacial score (nSPS) is 20.5. The van der Waals surface area contributed by atoms with Crippen LogP contribution in [-0.4, -0.2) is 35.8 Å². The Morgan fingerprint density at radius 1 is 1.09 bits per heavy atom. The maximum atomic E-state index is 12.4. The minimum absolute atomic E-state index is 0.109. The summed E-state index contributed by atoms with van der Waals surface area (Å²) < 4.78 is 0.982. The molecule has 1 aromatic rings. The summed E-state index contributed by atoms with van der Waals surface area (Å²) in [6, 6.07) is 4.01. The van der Waals surface area contributed by atoms with Gasteiger partial charge < -0.3 is 10.2 Å². The largest absolute Gasteiger partial charge is 0.353 e. The van der Waals surface area contributed by atoms with Gasteiger partial charge in [-0.2, -0.15) is 0 Å². The van der Waals surface area contributed by atoms with E-state index in [1.807, 2.05) is 17.0 Å². The van der Waals surface area contributed by atoms with E-state index in [-0.39, 0.29) is 23.8 Å². The molecule has 1 aliphatic carbocycles. The quantitative estimate of drug-likeness (QED) is 0.840. The molecule has 3 rings (SSSR count). The number of thiophene rings is 1. The van der Waals surface area contributed by atoms with Gasteiger partial charge in [0.15, 0.2) is 0 Å². The molecule has 1 N–H and O–H groups in total. The monoisotopic (exact) mass is 398 g/mol. The molecule has 0 aromatic carbocycles. The van der Waals surface area contributed by atoms with Crippen LogP contribution in [0.3, 0.4) is 0 Å². The molecule has 1 aromatic heterocycles. The summed E-state index contributed by atoms with van der Waals surface area (Å²) in [6.45, 7) is 1.45. The molecular formula is C17H23BrN2O2S. The van der Waals surface area contributed by atoms with Crippen LogP contribution in [0.1, 0.15) is 54.6 Å². The van der Waals surface area contributed by atoms with Crippen molar-refractivity contribution >= 4 is 39.1 Å². The number of amides is 2. The van der Waals surface area contributed by atoms with Gasteiger partial charge in [0.25, 0.3) is 5.91 Å². The number of nitrogens with zero attached hydrogens (tertiary/aromatic N) is 1. The SMILES string of the molecule is O=C(NC1CCN(C(=O)c2ccc(Br)s2)CC1)C1CCCCC1.